The van der Waals surface area contributed by atoms with Gasteiger partial charge in [0.25, 0.3) is 0 Å². The van der Waals surface area contributed by atoms with Gasteiger partial charge < -0.3 is 9.31 Å². The summed E-state index contributed by atoms with van der Waals surface area (Å²) in [4.78, 5) is 2.52. The van der Waals surface area contributed by atoms with E-state index in [2.05, 4.69) is 105 Å². The van der Waals surface area contributed by atoms with Crippen LogP contribution in [0.15, 0.2) is 84.9 Å². The Balaban J connectivity index is 1.59. The van der Waals surface area contributed by atoms with Gasteiger partial charge >= 0.3 is 7.12 Å². The van der Waals surface area contributed by atoms with Crippen LogP contribution in [0.5, 0.6) is 0 Å². The van der Waals surface area contributed by atoms with Crippen LogP contribution in [0.25, 0.3) is 0 Å². The Bertz CT molecular complexity index is 983. The molecule has 5 heteroatoms. The number of hydrogen-bond acceptors (Lipinski definition) is 3. The van der Waals surface area contributed by atoms with E-state index in [1.165, 1.54) is 16.7 Å². The van der Waals surface area contributed by atoms with E-state index in [0.717, 1.165) is 31.0 Å². The van der Waals surface area contributed by atoms with Gasteiger partial charge in [0.1, 0.15) is 0 Å². The maximum absolute atomic E-state index is 6.39. The molecule has 0 N–H and O–H groups in total. The Hall–Kier alpha value is -2.11. The highest BCUT2D eigenvalue weighted by Gasteiger charge is 2.51. The molecule has 0 amide bonds. The fourth-order valence-electron chi connectivity index (χ4n) is 4.52. The molecule has 1 fully saturated rings. The molecule has 3 nitrogen and oxygen atoms in total. The van der Waals surface area contributed by atoms with E-state index in [1.54, 1.807) is 0 Å². The minimum Gasteiger partial charge on any atom is -0.403 e. The first-order valence-electron chi connectivity index (χ1n) is 12.1. The van der Waals surface area contributed by atoms with Crippen LogP contribution in [0.3, 0.4) is 0 Å². The van der Waals surface area contributed by atoms with Gasteiger partial charge in [-0.1, -0.05) is 84.4 Å². The van der Waals surface area contributed by atoms with Crippen molar-refractivity contribution in [3.05, 3.63) is 107 Å². The second kappa shape index (κ2) is 10.7. The third-order valence-electron chi connectivity index (χ3n) is 7.10. The zero-order chi connectivity index (χ0) is 24.2. The minimum absolute atomic E-state index is 0.236. The number of benzene rings is 3. The highest BCUT2D eigenvalue weighted by molar-refractivity contribution is 6.45. The van der Waals surface area contributed by atoms with Crippen molar-refractivity contribution in [1.29, 1.82) is 0 Å². The summed E-state index contributed by atoms with van der Waals surface area (Å²) in [5.41, 5.74) is 3.20. The monoisotopic (exact) mass is 475 g/mol. The van der Waals surface area contributed by atoms with Crippen molar-refractivity contribution in [1.82, 2.24) is 4.90 Å². The van der Waals surface area contributed by atoms with E-state index >= 15 is 0 Å². The molecule has 0 bridgehead atoms. The van der Waals surface area contributed by atoms with Crippen molar-refractivity contribution in [3.63, 3.8) is 0 Å². The molecule has 1 atom stereocenters. The van der Waals surface area contributed by atoms with E-state index < -0.39 is 0 Å². The molecule has 3 aromatic carbocycles. The number of halogens is 1. The highest BCUT2D eigenvalue weighted by Crippen LogP contribution is 2.40. The first-order valence-corrected chi connectivity index (χ1v) is 12.5. The van der Waals surface area contributed by atoms with Crippen LogP contribution in [0.1, 0.15) is 50.3 Å². The summed E-state index contributed by atoms with van der Waals surface area (Å²) >= 11 is 6.22. The predicted molar refractivity (Wildman–Crippen MR) is 142 cm³/mol. The molecule has 34 heavy (non-hydrogen) atoms. The topological polar surface area (TPSA) is 21.7 Å². The summed E-state index contributed by atoms with van der Waals surface area (Å²) in [6.45, 7) is 11.1. The molecule has 178 valence electrons. The van der Waals surface area contributed by atoms with Crippen LogP contribution in [0.2, 0.25) is 11.3 Å². The number of hydrogen-bond donors (Lipinski definition) is 0. The Kier molecular flexibility index (Phi) is 7.84. The standard InChI is InChI=1S/C29H35BClNO2/c1-28(2)29(3,4)34-30(33-28)19-26(25-15-17-27(31)18-16-25)22-32(20-23-11-7-5-8-12-23)21-24-13-9-6-10-14-24/h5-18,26H,19-22H2,1-4H3. The maximum Gasteiger partial charge on any atom is 0.458 e. The quantitative estimate of drug-likeness (QED) is 0.305. The Morgan fingerprint density at radius 3 is 1.68 bits per heavy atom. The van der Waals surface area contributed by atoms with Gasteiger partial charge in [-0.15, -0.1) is 0 Å². The van der Waals surface area contributed by atoms with Gasteiger partial charge in [0.2, 0.25) is 0 Å². The first-order chi connectivity index (χ1) is 16.2. The van der Waals surface area contributed by atoms with Crippen molar-refractivity contribution in [2.24, 2.45) is 0 Å². The van der Waals surface area contributed by atoms with E-state index in [-0.39, 0.29) is 24.2 Å². The SMILES string of the molecule is CC1(C)OB(CC(CN(Cc2ccccc2)Cc2ccccc2)c2ccc(Cl)cc2)OC1(C)C. The van der Waals surface area contributed by atoms with Gasteiger partial charge in [-0.05, 0) is 68.8 Å². The van der Waals surface area contributed by atoms with Gasteiger partial charge in [0.05, 0.1) is 11.2 Å². The molecule has 1 unspecified atom stereocenters. The molecule has 0 aromatic heterocycles. The van der Waals surface area contributed by atoms with Crippen LogP contribution in [-0.4, -0.2) is 29.8 Å². The normalized spacial score (nSPS) is 17.8. The number of rotatable bonds is 9. The smallest absolute Gasteiger partial charge is 0.403 e. The Labute approximate surface area is 210 Å². The van der Waals surface area contributed by atoms with Crippen LogP contribution < -0.4 is 0 Å². The van der Waals surface area contributed by atoms with Crippen molar-refractivity contribution >= 4 is 18.7 Å². The van der Waals surface area contributed by atoms with Gasteiger partial charge in [0, 0.05) is 24.7 Å². The fourth-order valence-corrected chi connectivity index (χ4v) is 4.65. The largest absolute Gasteiger partial charge is 0.458 e. The van der Waals surface area contributed by atoms with Crippen LogP contribution in [-0.2, 0) is 22.4 Å². The lowest BCUT2D eigenvalue weighted by atomic mass is 9.74. The second-order valence-electron chi connectivity index (χ2n) is 10.3. The third kappa shape index (κ3) is 6.31. The van der Waals surface area contributed by atoms with Crippen LogP contribution in [0, 0.1) is 0 Å². The first kappa shape index (κ1) is 25.0. The van der Waals surface area contributed by atoms with Crippen molar-refractivity contribution < 1.29 is 9.31 Å². The van der Waals surface area contributed by atoms with Crippen molar-refractivity contribution in [2.75, 3.05) is 6.54 Å². The van der Waals surface area contributed by atoms with Gasteiger partial charge in [-0.25, -0.2) is 0 Å². The lowest BCUT2D eigenvalue weighted by Crippen LogP contribution is -2.41. The lowest BCUT2D eigenvalue weighted by molar-refractivity contribution is 0.00578. The highest BCUT2D eigenvalue weighted by atomic mass is 35.5. The van der Waals surface area contributed by atoms with E-state index in [0.29, 0.717) is 0 Å². The molecule has 1 heterocycles. The molecular formula is C29H35BClNO2. The summed E-state index contributed by atoms with van der Waals surface area (Å²) in [7, 11) is -0.249. The lowest BCUT2D eigenvalue weighted by Gasteiger charge is -2.32. The fraction of sp³-hybridized carbons (Fsp3) is 0.379. The van der Waals surface area contributed by atoms with E-state index in [4.69, 9.17) is 20.9 Å². The molecule has 1 saturated heterocycles. The molecule has 1 aliphatic rings. The van der Waals surface area contributed by atoms with Crippen molar-refractivity contribution in [3.8, 4) is 0 Å². The minimum atomic E-state index is -0.337. The zero-order valence-electron chi connectivity index (χ0n) is 20.7. The number of nitrogens with zero attached hydrogens (tertiary/aromatic N) is 1. The molecule has 0 aliphatic carbocycles. The summed E-state index contributed by atoms with van der Waals surface area (Å²) in [6, 6.07) is 29.6. The van der Waals surface area contributed by atoms with Crippen LogP contribution in [0.4, 0.5) is 0 Å². The Morgan fingerprint density at radius 2 is 1.21 bits per heavy atom. The van der Waals surface area contributed by atoms with Crippen LogP contribution >= 0.6 is 11.6 Å². The summed E-state index contributed by atoms with van der Waals surface area (Å²) in [5.74, 6) is 0.236. The van der Waals surface area contributed by atoms with E-state index in [9.17, 15) is 0 Å². The third-order valence-corrected chi connectivity index (χ3v) is 7.35. The van der Waals surface area contributed by atoms with Crippen molar-refractivity contribution in [2.45, 2.75) is 64.2 Å². The molecule has 3 aromatic rings. The second-order valence-corrected chi connectivity index (χ2v) is 10.7. The molecule has 0 radical (unpaired) electrons. The van der Waals surface area contributed by atoms with E-state index in [1.807, 2.05) is 12.1 Å². The maximum atomic E-state index is 6.39. The zero-order valence-corrected chi connectivity index (χ0v) is 21.5. The summed E-state index contributed by atoms with van der Waals surface area (Å²) in [5, 5.41) is 0.753. The predicted octanol–water partition coefficient (Wildman–Crippen LogP) is 7.22. The van der Waals surface area contributed by atoms with Gasteiger partial charge in [-0.3, -0.25) is 4.90 Å². The summed E-state index contributed by atoms with van der Waals surface area (Å²) < 4.78 is 12.8. The molecule has 1 aliphatic heterocycles. The average Bonchev–Trinajstić information content (AvgIpc) is 3.01. The Morgan fingerprint density at radius 1 is 0.735 bits per heavy atom. The average molecular weight is 476 g/mol. The molecule has 4 rings (SSSR count). The molecule has 0 saturated carbocycles. The molecular weight excluding hydrogens is 441 g/mol. The van der Waals surface area contributed by atoms with Gasteiger partial charge in [0.15, 0.2) is 0 Å². The summed E-state index contributed by atoms with van der Waals surface area (Å²) in [6.07, 6.45) is 0.786. The molecule has 0 spiro atoms. The van der Waals surface area contributed by atoms with Gasteiger partial charge in [-0.2, -0.15) is 0 Å².